The molecule has 0 atom stereocenters. The van der Waals surface area contributed by atoms with Gasteiger partial charge in [-0.25, -0.2) is 5.11 Å². The van der Waals surface area contributed by atoms with Gasteiger partial charge in [0.05, 0.1) is 12.4 Å². The van der Waals surface area contributed by atoms with Crippen molar-refractivity contribution in [3.05, 3.63) is 0 Å². The molecular formula is C4H10NO4S. The van der Waals surface area contributed by atoms with Crippen LogP contribution >= 0.6 is 0 Å². The van der Waals surface area contributed by atoms with Crippen molar-refractivity contribution in [2.24, 2.45) is 0 Å². The highest BCUT2D eigenvalue weighted by Gasteiger charge is 2.01. The first-order chi connectivity index (χ1) is 4.56. The first kappa shape index (κ1) is 9.83. The van der Waals surface area contributed by atoms with Gasteiger partial charge in [-0.3, -0.25) is 4.55 Å². The van der Waals surface area contributed by atoms with Crippen LogP contribution in [0, 0.1) is 0 Å². The quantitative estimate of drug-likeness (QED) is 0.403. The predicted molar refractivity (Wildman–Crippen MR) is 34.8 cm³/mol. The van der Waals surface area contributed by atoms with Gasteiger partial charge in [0.2, 0.25) is 0 Å². The summed E-state index contributed by atoms with van der Waals surface area (Å²) in [5.74, 6) is -0.340. The van der Waals surface area contributed by atoms with Crippen LogP contribution in [-0.4, -0.2) is 38.4 Å². The summed E-state index contributed by atoms with van der Waals surface area (Å²) in [5, 5.41) is 12.3. The molecule has 6 heteroatoms. The lowest BCUT2D eigenvalue weighted by molar-refractivity contribution is 0.194. The van der Waals surface area contributed by atoms with Crippen molar-refractivity contribution >= 4 is 10.1 Å². The van der Waals surface area contributed by atoms with Crippen LogP contribution in [-0.2, 0) is 15.2 Å². The van der Waals surface area contributed by atoms with Crippen molar-refractivity contribution in [3.8, 4) is 0 Å². The maximum Gasteiger partial charge on any atom is 0.266 e. The fourth-order valence-electron chi connectivity index (χ4n) is 0.398. The summed E-state index contributed by atoms with van der Waals surface area (Å²) >= 11 is 0. The van der Waals surface area contributed by atoms with Crippen molar-refractivity contribution in [1.82, 2.24) is 5.32 Å². The molecule has 0 aromatic rings. The van der Waals surface area contributed by atoms with E-state index >= 15 is 0 Å². The second-order valence-corrected chi connectivity index (χ2v) is 3.31. The fourth-order valence-corrected chi connectivity index (χ4v) is 0.801. The highest BCUT2D eigenvalue weighted by Crippen LogP contribution is 1.77. The van der Waals surface area contributed by atoms with Crippen LogP contribution in [0.25, 0.3) is 0 Å². The molecule has 0 fully saturated rings. The minimum Gasteiger partial charge on any atom is -0.313 e. The van der Waals surface area contributed by atoms with Gasteiger partial charge in [-0.15, -0.1) is 0 Å². The summed E-state index contributed by atoms with van der Waals surface area (Å²) < 4.78 is 28.2. The van der Waals surface area contributed by atoms with Gasteiger partial charge in [0, 0.05) is 13.1 Å². The Balaban J connectivity index is 3.21. The number of hydrogen-bond acceptors (Lipinski definition) is 3. The highest BCUT2D eigenvalue weighted by molar-refractivity contribution is 7.85. The van der Waals surface area contributed by atoms with Crippen LogP contribution in [0.2, 0.25) is 0 Å². The minimum absolute atomic E-state index is 0.126. The van der Waals surface area contributed by atoms with Crippen LogP contribution in [0.4, 0.5) is 0 Å². The Kier molecular flexibility index (Phi) is 4.54. The molecule has 0 rings (SSSR count). The molecule has 0 saturated carbocycles. The predicted octanol–water partition coefficient (Wildman–Crippen LogP) is -1.11. The van der Waals surface area contributed by atoms with E-state index in [1.807, 2.05) is 0 Å². The molecule has 0 aliphatic heterocycles. The van der Waals surface area contributed by atoms with Crippen LogP contribution in [0.3, 0.4) is 0 Å². The molecule has 0 aliphatic rings. The molecule has 1 radical (unpaired) electrons. The van der Waals surface area contributed by atoms with Crippen molar-refractivity contribution in [2.75, 3.05) is 25.4 Å². The van der Waals surface area contributed by atoms with Gasteiger partial charge in [0.25, 0.3) is 10.1 Å². The van der Waals surface area contributed by atoms with E-state index in [1.54, 1.807) is 0 Å². The van der Waals surface area contributed by atoms with Crippen LogP contribution in [0.1, 0.15) is 0 Å². The monoisotopic (exact) mass is 168 g/mol. The van der Waals surface area contributed by atoms with Gasteiger partial charge < -0.3 is 5.32 Å². The molecule has 0 bridgehead atoms. The van der Waals surface area contributed by atoms with E-state index in [-0.39, 0.29) is 25.4 Å². The average Bonchev–Trinajstić information content (AvgIpc) is 1.78. The Morgan fingerprint density at radius 3 is 2.30 bits per heavy atom. The third-order valence-electron chi connectivity index (χ3n) is 0.816. The normalized spacial score (nSPS) is 11.8. The van der Waals surface area contributed by atoms with E-state index in [9.17, 15) is 13.5 Å². The second-order valence-electron chi connectivity index (χ2n) is 1.74. The second kappa shape index (κ2) is 4.62. The highest BCUT2D eigenvalue weighted by atomic mass is 32.2. The smallest absolute Gasteiger partial charge is 0.266 e. The van der Waals surface area contributed by atoms with Crippen molar-refractivity contribution in [2.45, 2.75) is 0 Å². The molecule has 2 N–H and O–H groups in total. The van der Waals surface area contributed by atoms with Gasteiger partial charge in [-0.05, 0) is 0 Å². The molecule has 0 spiro atoms. The Morgan fingerprint density at radius 2 is 1.90 bits per heavy atom. The molecular weight excluding hydrogens is 158 g/mol. The zero-order chi connectivity index (χ0) is 8.04. The van der Waals surface area contributed by atoms with Crippen LogP contribution in [0.5, 0.6) is 0 Å². The zero-order valence-corrected chi connectivity index (χ0v) is 6.23. The summed E-state index contributed by atoms with van der Waals surface area (Å²) in [6.07, 6.45) is 0. The van der Waals surface area contributed by atoms with Gasteiger partial charge in [0.1, 0.15) is 0 Å². The lowest BCUT2D eigenvalue weighted by Crippen LogP contribution is -2.24. The van der Waals surface area contributed by atoms with E-state index in [1.165, 1.54) is 0 Å². The molecule has 0 aliphatic carbocycles. The first-order valence-electron chi connectivity index (χ1n) is 2.80. The lowest BCUT2D eigenvalue weighted by atomic mass is 10.6. The summed E-state index contributed by atoms with van der Waals surface area (Å²) in [6.45, 7) is 0.0715. The average molecular weight is 168 g/mol. The maximum absolute atomic E-state index is 10.0. The van der Waals surface area contributed by atoms with Gasteiger partial charge in [-0.1, -0.05) is 0 Å². The SMILES string of the molecule is [O]CCNCCS(=O)(=O)O. The molecule has 10 heavy (non-hydrogen) atoms. The molecule has 0 unspecified atom stereocenters. The standard InChI is InChI=1S/C4H10NO4S/c6-3-1-5-2-4-10(7,8)9/h5H,1-4H2,(H,7,8,9). The summed E-state index contributed by atoms with van der Waals surface area (Å²) in [6, 6.07) is 0. The number of nitrogens with one attached hydrogen (secondary N) is 1. The van der Waals surface area contributed by atoms with E-state index in [2.05, 4.69) is 5.32 Å². The van der Waals surface area contributed by atoms with E-state index in [0.29, 0.717) is 0 Å². The molecule has 0 amide bonds. The van der Waals surface area contributed by atoms with Gasteiger partial charge in [0.15, 0.2) is 0 Å². The lowest BCUT2D eigenvalue weighted by Gasteiger charge is -1.97. The summed E-state index contributed by atoms with van der Waals surface area (Å²) in [4.78, 5) is 0. The van der Waals surface area contributed by atoms with Crippen LogP contribution in [0.15, 0.2) is 0 Å². The van der Waals surface area contributed by atoms with Crippen molar-refractivity contribution < 1.29 is 18.1 Å². The summed E-state index contributed by atoms with van der Waals surface area (Å²) in [5.41, 5.74) is 0. The molecule has 5 nitrogen and oxygen atoms in total. The van der Waals surface area contributed by atoms with Crippen LogP contribution < -0.4 is 5.32 Å². The molecule has 0 saturated heterocycles. The van der Waals surface area contributed by atoms with E-state index in [4.69, 9.17) is 4.55 Å². The first-order valence-corrected chi connectivity index (χ1v) is 4.41. The topological polar surface area (TPSA) is 86.3 Å². The number of hydrogen-bond donors (Lipinski definition) is 2. The van der Waals surface area contributed by atoms with Crippen molar-refractivity contribution in [1.29, 1.82) is 0 Å². The molecule has 0 aromatic carbocycles. The number of rotatable bonds is 5. The third-order valence-corrected chi connectivity index (χ3v) is 1.54. The van der Waals surface area contributed by atoms with Gasteiger partial charge in [-0.2, -0.15) is 8.42 Å². The fraction of sp³-hybridized carbons (Fsp3) is 1.00. The van der Waals surface area contributed by atoms with E-state index < -0.39 is 10.1 Å². The largest absolute Gasteiger partial charge is 0.313 e. The van der Waals surface area contributed by atoms with Gasteiger partial charge >= 0.3 is 0 Å². The Bertz CT molecular complexity index is 164. The maximum atomic E-state index is 10.0. The third kappa shape index (κ3) is 7.83. The Morgan fingerprint density at radius 1 is 1.30 bits per heavy atom. The van der Waals surface area contributed by atoms with Crippen molar-refractivity contribution in [3.63, 3.8) is 0 Å². The Hall–Kier alpha value is -0.170. The molecule has 0 heterocycles. The summed E-state index contributed by atoms with van der Waals surface area (Å²) in [7, 11) is -3.87. The van der Waals surface area contributed by atoms with E-state index in [0.717, 1.165) is 0 Å². The zero-order valence-electron chi connectivity index (χ0n) is 5.41. The minimum atomic E-state index is -3.87. The molecule has 61 valence electrons. The Labute approximate surface area is 59.8 Å². The molecule has 0 aromatic heterocycles.